The highest BCUT2D eigenvalue weighted by Crippen LogP contribution is 2.14. The van der Waals surface area contributed by atoms with Crippen LogP contribution in [0.2, 0.25) is 5.02 Å². The standard InChI is InChI=1S/C14H17ClN2O2/c15-12-7-3-2-6-11(12)14(19)16-10-13(18)17-8-4-1-5-9-17/h2-3,6-7H,1,4-5,8-10H2,(H,16,19). The zero-order valence-electron chi connectivity index (χ0n) is 10.7. The van der Waals surface area contributed by atoms with E-state index in [-0.39, 0.29) is 18.4 Å². The Labute approximate surface area is 117 Å². The summed E-state index contributed by atoms with van der Waals surface area (Å²) in [5, 5.41) is 3.02. The first-order valence-corrected chi connectivity index (χ1v) is 6.87. The van der Waals surface area contributed by atoms with Gasteiger partial charge in [-0.1, -0.05) is 23.7 Å². The van der Waals surface area contributed by atoms with E-state index in [2.05, 4.69) is 5.32 Å². The summed E-state index contributed by atoms with van der Waals surface area (Å²) >= 11 is 5.93. The van der Waals surface area contributed by atoms with Crippen LogP contribution >= 0.6 is 11.6 Å². The Bertz CT molecular complexity index is 470. The number of benzene rings is 1. The van der Waals surface area contributed by atoms with E-state index in [4.69, 9.17) is 11.6 Å². The molecule has 0 aromatic heterocycles. The number of carbonyl (C=O) groups is 2. The Balaban J connectivity index is 1.86. The molecule has 1 fully saturated rings. The summed E-state index contributed by atoms with van der Waals surface area (Å²) in [6.07, 6.45) is 3.27. The molecule has 1 saturated heterocycles. The maximum absolute atomic E-state index is 11.9. The van der Waals surface area contributed by atoms with Gasteiger partial charge < -0.3 is 10.2 Å². The number of amides is 2. The molecule has 4 nitrogen and oxygen atoms in total. The Morgan fingerprint density at radius 2 is 1.84 bits per heavy atom. The summed E-state index contributed by atoms with van der Waals surface area (Å²) in [5.41, 5.74) is 0.399. The van der Waals surface area contributed by atoms with Gasteiger partial charge in [0.1, 0.15) is 0 Å². The van der Waals surface area contributed by atoms with Crippen molar-refractivity contribution in [3.8, 4) is 0 Å². The fraction of sp³-hybridized carbons (Fsp3) is 0.429. The number of hydrogen-bond donors (Lipinski definition) is 1. The van der Waals surface area contributed by atoms with Crippen LogP contribution in [0.5, 0.6) is 0 Å². The summed E-state index contributed by atoms with van der Waals surface area (Å²) in [6, 6.07) is 6.80. The van der Waals surface area contributed by atoms with Crippen LogP contribution in [-0.2, 0) is 4.79 Å². The van der Waals surface area contributed by atoms with Crippen molar-refractivity contribution >= 4 is 23.4 Å². The summed E-state index contributed by atoms with van der Waals surface area (Å²) in [7, 11) is 0. The molecule has 1 N–H and O–H groups in total. The fourth-order valence-corrected chi connectivity index (χ4v) is 2.37. The van der Waals surface area contributed by atoms with Crippen molar-refractivity contribution in [1.82, 2.24) is 10.2 Å². The lowest BCUT2D eigenvalue weighted by Crippen LogP contribution is -2.42. The zero-order valence-corrected chi connectivity index (χ0v) is 11.4. The lowest BCUT2D eigenvalue weighted by molar-refractivity contribution is -0.130. The minimum absolute atomic E-state index is 0.0277. The summed E-state index contributed by atoms with van der Waals surface area (Å²) < 4.78 is 0. The van der Waals surface area contributed by atoms with Crippen LogP contribution in [0.15, 0.2) is 24.3 Å². The highest BCUT2D eigenvalue weighted by Gasteiger charge is 2.17. The molecule has 1 aliphatic heterocycles. The third-order valence-corrected chi connectivity index (χ3v) is 3.56. The van der Waals surface area contributed by atoms with E-state index in [1.165, 1.54) is 6.42 Å². The van der Waals surface area contributed by atoms with E-state index < -0.39 is 0 Å². The molecule has 2 rings (SSSR count). The van der Waals surface area contributed by atoms with Crippen LogP contribution in [0.1, 0.15) is 29.6 Å². The first-order valence-electron chi connectivity index (χ1n) is 6.49. The van der Waals surface area contributed by atoms with Crippen LogP contribution in [0, 0.1) is 0 Å². The lowest BCUT2D eigenvalue weighted by atomic mass is 10.1. The van der Waals surface area contributed by atoms with Gasteiger partial charge in [-0.3, -0.25) is 9.59 Å². The Morgan fingerprint density at radius 3 is 2.53 bits per heavy atom. The molecule has 0 bridgehead atoms. The Kier molecular flexibility index (Phi) is 4.80. The molecule has 0 unspecified atom stereocenters. The quantitative estimate of drug-likeness (QED) is 0.922. The third-order valence-electron chi connectivity index (χ3n) is 3.23. The van der Waals surface area contributed by atoms with Gasteiger partial charge in [0.15, 0.2) is 0 Å². The normalized spacial score (nSPS) is 15.1. The van der Waals surface area contributed by atoms with Gasteiger partial charge in [0.05, 0.1) is 17.1 Å². The number of piperidine rings is 1. The van der Waals surface area contributed by atoms with Crippen LogP contribution in [-0.4, -0.2) is 36.3 Å². The molecule has 0 saturated carbocycles. The molecule has 102 valence electrons. The maximum Gasteiger partial charge on any atom is 0.253 e. The van der Waals surface area contributed by atoms with Gasteiger partial charge in [-0.25, -0.2) is 0 Å². The van der Waals surface area contributed by atoms with Gasteiger partial charge in [-0.15, -0.1) is 0 Å². The number of likely N-dealkylation sites (tertiary alicyclic amines) is 1. The zero-order chi connectivity index (χ0) is 13.7. The molecule has 2 amide bonds. The second-order valence-corrected chi connectivity index (χ2v) is 5.01. The van der Waals surface area contributed by atoms with Crippen molar-refractivity contribution in [3.05, 3.63) is 34.9 Å². The van der Waals surface area contributed by atoms with Crippen molar-refractivity contribution in [2.75, 3.05) is 19.6 Å². The molecule has 0 aliphatic carbocycles. The van der Waals surface area contributed by atoms with Crippen molar-refractivity contribution < 1.29 is 9.59 Å². The average molecular weight is 281 g/mol. The van der Waals surface area contributed by atoms with Crippen molar-refractivity contribution in [3.63, 3.8) is 0 Å². The van der Waals surface area contributed by atoms with Crippen molar-refractivity contribution in [1.29, 1.82) is 0 Å². The molecule has 0 radical (unpaired) electrons. The minimum atomic E-state index is -0.309. The van der Waals surface area contributed by atoms with E-state index in [0.29, 0.717) is 10.6 Å². The molecule has 0 atom stereocenters. The summed E-state index contributed by atoms with van der Waals surface area (Å²) in [6.45, 7) is 1.62. The van der Waals surface area contributed by atoms with E-state index in [1.807, 2.05) is 0 Å². The van der Waals surface area contributed by atoms with Crippen LogP contribution in [0.3, 0.4) is 0 Å². The van der Waals surface area contributed by atoms with Crippen LogP contribution in [0.25, 0.3) is 0 Å². The first-order chi connectivity index (χ1) is 9.18. The maximum atomic E-state index is 11.9. The van der Waals surface area contributed by atoms with E-state index >= 15 is 0 Å². The molecular weight excluding hydrogens is 264 g/mol. The molecule has 0 spiro atoms. The largest absolute Gasteiger partial charge is 0.343 e. The molecule has 1 aromatic rings. The number of hydrogen-bond acceptors (Lipinski definition) is 2. The molecule has 19 heavy (non-hydrogen) atoms. The van der Waals surface area contributed by atoms with Gasteiger partial charge >= 0.3 is 0 Å². The molecule has 1 aliphatic rings. The summed E-state index contributed by atoms with van der Waals surface area (Å²) in [4.78, 5) is 25.6. The predicted octanol–water partition coefficient (Wildman–Crippen LogP) is 2.08. The number of nitrogens with one attached hydrogen (secondary N) is 1. The topological polar surface area (TPSA) is 49.4 Å². The van der Waals surface area contributed by atoms with Gasteiger partial charge in [-0.05, 0) is 31.4 Å². The number of nitrogens with zero attached hydrogens (tertiary/aromatic N) is 1. The van der Waals surface area contributed by atoms with Crippen LogP contribution in [0.4, 0.5) is 0 Å². The fourth-order valence-electron chi connectivity index (χ4n) is 2.15. The predicted molar refractivity (Wildman–Crippen MR) is 74.2 cm³/mol. The van der Waals surface area contributed by atoms with Gasteiger partial charge in [0.2, 0.25) is 5.91 Å². The lowest BCUT2D eigenvalue weighted by Gasteiger charge is -2.26. The Morgan fingerprint density at radius 1 is 1.16 bits per heavy atom. The van der Waals surface area contributed by atoms with E-state index in [1.54, 1.807) is 29.2 Å². The van der Waals surface area contributed by atoms with E-state index in [0.717, 1.165) is 25.9 Å². The molecule has 1 aromatic carbocycles. The number of halogens is 1. The second kappa shape index (κ2) is 6.57. The summed E-state index contributed by atoms with van der Waals surface area (Å²) in [5.74, 6) is -0.337. The van der Waals surface area contributed by atoms with Gasteiger partial charge in [-0.2, -0.15) is 0 Å². The van der Waals surface area contributed by atoms with Crippen molar-refractivity contribution in [2.45, 2.75) is 19.3 Å². The monoisotopic (exact) mass is 280 g/mol. The first kappa shape index (κ1) is 13.9. The van der Waals surface area contributed by atoms with Crippen LogP contribution < -0.4 is 5.32 Å². The van der Waals surface area contributed by atoms with Gasteiger partial charge in [0.25, 0.3) is 5.91 Å². The number of rotatable bonds is 3. The van der Waals surface area contributed by atoms with Crippen molar-refractivity contribution in [2.24, 2.45) is 0 Å². The Hall–Kier alpha value is -1.55. The SMILES string of the molecule is O=C(NCC(=O)N1CCCCC1)c1ccccc1Cl. The smallest absolute Gasteiger partial charge is 0.253 e. The van der Waals surface area contributed by atoms with Gasteiger partial charge in [0, 0.05) is 13.1 Å². The average Bonchev–Trinajstić information content (AvgIpc) is 2.46. The number of carbonyl (C=O) groups excluding carboxylic acids is 2. The molecule has 5 heteroatoms. The van der Waals surface area contributed by atoms with E-state index in [9.17, 15) is 9.59 Å². The molecular formula is C14H17ClN2O2. The third kappa shape index (κ3) is 3.70. The molecule has 1 heterocycles. The highest BCUT2D eigenvalue weighted by molar-refractivity contribution is 6.33. The second-order valence-electron chi connectivity index (χ2n) is 4.60. The highest BCUT2D eigenvalue weighted by atomic mass is 35.5. The minimum Gasteiger partial charge on any atom is -0.343 e.